The molecule has 0 aromatic heterocycles. The standard InChI is InChI=1S/C16H20ClN3O2.ClH/c17-12-3-5-14(6-4-12)20-10-11(8-15(20)21)16(22)19-13-2-1-7-18-9-13;/h3-6,11,13,18H,1-2,7-10H2,(H,19,22);1H/t11?,13-;/m0./s1. The fraction of sp³-hybridized carbons (Fsp3) is 0.500. The van der Waals surface area contributed by atoms with Crippen LogP contribution in [0.3, 0.4) is 0 Å². The molecule has 0 aliphatic carbocycles. The van der Waals surface area contributed by atoms with E-state index >= 15 is 0 Å². The highest BCUT2D eigenvalue weighted by molar-refractivity contribution is 6.30. The lowest BCUT2D eigenvalue weighted by Gasteiger charge is -2.25. The average molecular weight is 358 g/mol. The summed E-state index contributed by atoms with van der Waals surface area (Å²) in [6.45, 7) is 2.26. The van der Waals surface area contributed by atoms with E-state index in [9.17, 15) is 9.59 Å². The number of carbonyl (C=O) groups is 2. The topological polar surface area (TPSA) is 61.4 Å². The summed E-state index contributed by atoms with van der Waals surface area (Å²) in [6, 6.07) is 7.31. The summed E-state index contributed by atoms with van der Waals surface area (Å²) in [5, 5.41) is 6.97. The summed E-state index contributed by atoms with van der Waals surface area (Å²) in [5.74, 6) is -0.298. The third kappa shape index (κ3) is 4.37. The zero-order chi connectivity index (χ0) is 15.5. The quantitative estimate of drug-likeness (QED) is 0.869. The molecule has 2 atom stereocenters. The van der Waals surface area contributed by atoms with E-state index in [0.717, 1.165) is 31.6 Å². The zero-order valence-electron chi connectivity index (χ0n) is 12.8. The van der Waals surface area contributed by atoms with Crippen molar-refractivity contribution in [2.45, 2.75) is 25.3 Å². The first-order valence-electron chi connectivity index (χ1n) is 7.70. The maximum Gasteiger partial charge on any atom is 0.227 e. The second-order valence-corrected chi connectivity index (χ2v) is 6.37. The van der Waals surface area contributed by atoms with Crippen molar-refractivity contribution in [3.63, 3.8) is 0 Å². The first-order valence-corrected chi connectivity index (χ1v) is 8.08. The Morgan fingerprint density at radius 2 is 2.04 bits per heavy atom. The minimum absolute atomic E-state index is 0. The Balaban J connectivity index is 0.00000192. The van der Waals surface area contributed by atoms with E-state index in [-0.39, 0.29) is 42.6 Å². The van der Waals surface area contributed by atoms with Crippen molar-refractivity contribution in [3.05, 3.63) is 29.3 Å². The minimum Gasteiger partial charge on any atom is -0.352 e. The van der Waals surface area contributed by atoms with Gasteiger partial charge >= 0.3 is 0 Å². The SMILES string of the molecule is Cl.O=C(N[C@H]1CCCNC1)C1CC(=O)N(c2ccc(Cl)cc2)C1. The van der Waals surface area contributed by atoms with Gasteiger partial charge in [-0.3, -0.25) is 9.59 Å². The van der Waals surface area contributed by atoms with Gasteiger partial charge in [0, 0.05) is 36.3 Å². The van der Waals surface area contributed by atoms with Gasteiger partial charge in [-0.15, -0.1) is 12.4 Å². The van der Waals surface area contributed by atoms with Gasteiger partial charge in [-0.05, 0) is 43.7 Å². The molecule has 1 aromatic carbocycles. The van der Waals surface area contributed by atoms with Gasteiger partial charge in [0.2, 0.25) is 11.8 Å². The molecule has 2 N–H and O–H groups in total. The van der Waals surface area contributed by atoms with E-state index in [1.165, 1.54) is 0 Å². The van der Waals surface area contributed by atoms with Crippen LogP contribution in [0.1, 0.15) is 19.3 Å². The number of halogens is 2. The lowest BCUT2D eigenvalue weighted by Crippen LogP contribution is -2.47. The van der Waals surface area contributed by atoms with Crippen LogP contribution in [0, 0.1) is 5.92 Å². The maximum absolute atomic E-state index is 12.4. The Morgan fingerprint density at radius 1 is 1.30 bits per heavy atom. The molecule has 2 amide bonds. The number of carbonyl (C=O) groups excluding carboxylic acids is 2. The molecule has 23 heavy (non-hydrogen) atoms. The highest BCUT2D eigenvalue weighted by atomic mass is 35.5. The van der Waals surface area contributed by atoms with Crippen LogP contribution in [0.15, 0.2) is 24.3 Å². The smallest absolute Gasteiger partial charge is 0.227 e. The third-order valence-corrected chi connectivity index (χ3v) is 4.53. The molecule has 0 spiro atoms. The zero-order valence-corrected chi connectivity index (χ0v) is 14.3. The number of piperidine rings is 1. The third-order valence-electron chi connectivity index (χ3n) is 4.28. The number of nitrogens with zero attached hydrogens (tertiary/aromatic N) is 1. The first-order chi connectivity index (χ1) is 10.6. The van der Waals surface area contributed by atoms with Crippen molar-refractivity contribution in [2.75, 3.05) is 24.5 Å². The van der Waals surface area contributed by atoms with E-state index in [2.05, 4.69) is 10.6 Å². The summed E-state index contributed by atoms with van der Waals surface area (Å²) in [5.41, 5.74) is 0.795. The fourth-order valence-electron chi connectivity index (χ4n) is 3.05. The summed E-state index contributed by atoms with van der Waals surface area (Å²) >= 11 is 5.87. The van der Waals surface area contributed by atoms with Crippen molar-refractivity contribution in [3.8, 4) is 0 Å². The van der Waals surface area contributed by atoms with Crippen molar-refractivity contribution in [1.82, 2.24) is 10.6 Å². The van der Waals surface area contributed by atoms with Gasteiger partial charge in [0.15, 0.2) is 0 Å². The van der Waals surface area contributed by atoms with Crippen LogP contribution in [-0.2, 0) is 9.59 Å². The van der Waals surface area contributed by atoms with E-state index in [4.69, 9.17) is 11.6 Å². The minimum atomic E-state index is -0.273. The molecule has 1 aromatic rings. The Hall–Kier alpha value is -1.30. The molecule has 2 heterocycles. The number of anilines is 1. The van der Waals surface area contributed by atoms with Crippen LogP contribution < -0.4 is 15.5 Å². The van der Waals surface area contributed by atoms with Crippen molar-refractivity contribution in [1.29, 1.82) is 0 Å². The molecule has 126 valence electrons. The second-order valence-electron chi connectivity index (χ2n) is 5.93. The first kappa shape index (κ1) is 18.0. The van der Waals surface area contributed by atoms with Gasteiger partial charge in [0.25, 0.3) is 0 Å². The molecular weight excluding hydrogens is 337 g/mol. The van der Waals surface area contributed by atoms with E-state index in [1.54, 1.807) is 17.0 Å². The molecular formula is C16H21Cl2N3O2. The lowest BCUT2D eigenvalue weighted by molar-refractivity contribution is -0.127. The predicted octanol–water partition coefficient (Wildman–Crippen LogP) is 1.98. The largest absolute Gasteiger partial charge is 0.352 e. The van der Waals surface area contributed by atoms with Gasteiger partial charge in [0.05, 0.1) is 5.92 Å². The Morgan fingerprint density at radius 3 is 2.70 bits per heavy atom. The number of nitrogens with one attached hydrogen (secondary N) is 2. The van der Waals surface area contributed by atoms with Crippen molar-refractivity contribution >= 4 is 41.5 Å². The van der Waals surface area contributed by atoms with Crippen LogP contribution in [0.5, 0.6) is 0 Å². The van der Waals surface area contributed by atoms with E-state index in [1.807, 2.05) is 12.1 Å². The molecule has 0 saturated carbocycles. The van der Waals surface area contributed by atoms with Crippen LogP contribution in [-0.4, -0.2) is 37.5 Å². The normalized spacial score (nSPS) is 24.2. The van der Waals surface area contributed by atoms with E-state index < -0.39 is 0 Å². The van der Waals surface area contributed by atoms with Gasteiger partial charge in [0.1, 0.15) is 0 Å². The van der Waals surface area contributed by atoms with Crippen LogP contribution in [0.25, 0.3) is 0 Å². The number of hydrogen-bond acceptors (Lipinski definition) is 3. The van der Waals surface area contributed by atoms with Crippen molar-refractivity contribution in [2.24, 2.45) is 5.92 Å². The van der Waals surface area contributed by atoms with Gasteiger partial charge in [-0.1, -0.05) is 11.6 Å². The number of amides is 2. The summed E-state index contributed by atoms with van der Waals surface area (Å²) in [7, 11) is 0. The monoisotopic (exact) mass is 357 g/mol. The van der Waals surface area contributed by atoms with E-state index in [0.29, 0.717) is 11.6 Å². The molecule has 0 radical (unpaired) electrons. The molecule has 2 saturated heterocycles. The van der Waals surface area contributed by atoms with Gasteiger partial charge in [-0.25, -0.2) is 0 Å². The van der Waals surface area contributed by atoms with Gasteiger partial charge < -0.3 is 15.5 Å². The molecule has 5 nitrogen and oxygen atoms in total. The molecule has 2 fully saturated rings. The fourth-order valence-corrected chi connectivity index (χ4v) is 3.17. The van der Waals surface area contributed by atoms with Crippen LogP contribution >= 0.6 is 24.0 Å². The summed E-state index contributed by atoms with van der Waals surface area (Å²) < 4.78 is 0. The lowest BCUT2D eigenvalue weighted by atomic mass is 10.0. The highest BCUT2D eigenvalue weighted by Gasteiger charge is 2.35. The summed E-state index contributed by atoms with van der Waals surface area (Å²) in [4.78, 5) is 26.2. The average Bonchev–Trinajstić information content (AvgIpc) is 2.91. The molecule has 7 heteroatoms. The Labute approximate surface area is 147 Å². The molecule has 0 bridgehead atoms. The molecule has 1 unspecified atom stereocenters. The molecule has 2 aliphatic heterocycles. The number of benzene rings is 1. The summed E-state index contributed by atoms with van der Waals surface area (Å²) in [6.07, 6.45) is 2.35. The maximum atomic E-state index is 12.4. The Bertz CT molecular complexity index is 559. The van der Waals surface area contributed by atoms with Crippen LogP contribution in [0.2, 0.25) is 5.02 Å². The van der Waals surface area contributed by atoms with Crippen molar-refractivity contribution < 1.29 is 9.59 Å². The highest BCUT2D eigenvalue weighted by Crippen LogP contribution is 2.26. The molecule has 3 rings (SSSR count). The molecule has 2 aliphatic rings. The van der Waals surface area contributed by atoms with Gasteiger partial charge in [-0.2, -0.15) is 0 Å². The number of hydrogen-bond donors (Lipinski definition) is 2. The number of rotatable bonds is 3. The second kappa shape index (κ2) is 7.99. The predicted molar refractivity (Wildman–Crippen MR) is 93.2 cm³/mol. The Kier molecular flexibility index (Phi) is 6.27. The van der Waals surface area contributed by atoms with Crippen LogP contribution in [0.4, 0.5) is 5.69 Å².